The van der Waals surface area contributed by atoms with E-state index in [1.54, 1.807) is 7.05 Å². The predicted molar refractivity (Wildman–Crippen MR) is 123 cm³/mol. The molecule has 1 fully saturated rings. The number of carbonyl (C=O) groups is 1. The molecule has 1 saturated heterocycles. The summed E-state index contributed by atoms with van der Waals surface area (Å²) in [6.45, 7) is 3.27. The first-order valence-corrected chi connectivity index (χ1v) is 10.4. The fraction of sp³-hybridized carbons (Fsp3) is 0.250. The van der Waals surface area contributed by atoms with E-state index >= 15 is 0 Å². The van der Waals surface area contributed by atoms with Crippen LogP contribution in [0.15, 0.2) is 59.6 Å². The Morgan fingerprint density at radius 3 is 2.47 bits per heavy atom. The number of nitrogens with one attached hydrogen (secondary N) is 1. The average molecular weight is 428 g/mol. The summed E-state index contributed by atoms with van der Waals surface area (Å²) in [4.78, 5) is 25.3. The van der Waals surface area contributed by atoms with Crippen LogP contribution in [-0.2, 0) is 6.54 Å². The van der Waals surface area contributed by atoms with Crippen LogP contribution in [0.4, 0.5) is 0 Å². The highest BCUT2D eigenvalue weighted by atomic mass is 16.4. The van der Waals surface area contributed by atoms with Crippen molar-refractivity contribution in [3.63, 3.8) is 0 Å². The number of pyridine rings is 1. The number of guanidine groups is 1. The van der Waals surface area contributed by atoms with Crippen molar-refractivity contribution >= 4 is 22.8 Å². The monoisotopic (exact) mass is 428 g/mol. The molecule has 0 spiro atoms. The molecule has 0 amide bonds. The van der Waals surface area contributed by atoms with Crippen LogP contribution in [0.3, 0.4) is 0 Å². The summed E-state index contributed by atoms with van der Waals surface area (Å²) in [5.41, 5.74) is 3.29. The summed E-state index contributed by atoms with van der Waals surface area (Å²) in [6, 6.07) is 17.1. The summed E-state index contributed by atoms with van der Waals surface area (Å²) in [5, 5.41) is 22.6. The molecule has 4 rings (SSSR count). The van der Waals surface area contributed by atoms with Crippen LogP contribution in [0.1, 0.15) is 15.9 Å². The standard InChI is InChI=1S/C24H24N6O2/c1-26-24(27-16-25)30-13-11-29(12-14-30)15-19-21(23(31)32)18-9-5-6-10-20(18)28-22(19)17-7-3-2-4-8-17/h2-10H,11-15H2,1H3,(H,26,27)(H,31,32). The van der Waals surface area contributed by atoms with Crippen LogP contribution in [-0.4, -0.2) is 65.0 Å². The molecule has 8 nitrogen and oxygen atoms in total. The number of hydrogen-bond donors (Lipinski definition) is 2. The van der Waals surface area contributed by atoms with Gasteiger partial charge < -0.3 is 15.3 Å². The van der Waals surface area contributed by atoms with Gasteiger partial charge in [-0.15, -0.1) is 4.99 Å². The quantitative estimate of drug-likeness (QED) is 0.374. The van der Waals surface area contributed by atoms with E-state index in [9.17, 15) is 9.90 Å². The minimum atomic E-state index is -0.951. The Morgan fingerprint density at radius 1 is 1.12 bits per heavy atom. The van der Waals surface area contributed by atoms with Gasteiger partial charge in [0.05, 0.1) is 16.8 Å². The number of nitriles is 1. The van der Waals surface area contributed by atoms with Crippen LogP contribution in [0, 0.1) is 11.5 Å². The number of para-hydroxylation sites is 1. The lowest BCUT2D eigenvalue weighted by atomic mass is 9.96. The fourth-order valence-corrected chi connectivity index (χ4v) is 4.16. The Morgan fingerprint density at radius 2 is 1.81 bits per heavy atom. The van der Waals surface area contributed by atoms with E-state index < -0.39 is 5.97 Å². The molecule has 3 aromatic rings. The zero-order valence-electron chi connectivity index (χ0n) is 17.8. The van der Waals surface area contributed by atoms with E-state index in [1.807, 2.05) is 65.7 Å². The topological polar surface area (TPSA) is 105 Å². The lowest BCUT2D eigenvalue weighted by Gasteiger charge is -2.36. The number of hydrogen-bond acceptors (Lipinski definition) is 5. The summed E-state index contributed by atoms with van der Waals surface area (Å²) in [7, 11) is 1.74. The molecule has 2 N–H and O–H groups in total. The lowest BCUT2D eigenvalue weighted by Crippen LogP contribution is -2.51. The van der Waals surface area contributed by atoms with Gasteiger partial charge in [-0.2, -0.15) is 5.26 Å². The minimum Gasteiger partial charge on any atom is -0.478 e. The molecule has 1 aliphatic rings. The van der Waals surface area contributed by atoms with Gasteiger partial charge in [-0.25, -0.2) is 9.78 Å². The fourth-order valence-electron chi connectivity index (χ4n) is 4.16. The van der Waals surface area contributed by atoms with Crippen molar-refractivity contribution < 1.29 is 9.90 Å². The van der Waals surface area contributed by atoms with Crippen molar-refractivity contribution in [1.82, 2.24) is 20.1 Å². The number of aromatic nitrogens is 1. The second kappa shape index (κ2) is 9.45. The molecule has 0 atom stereocenters. The third-order valence-electron chi connectivity index (χ3n) is 5.69. The smallest absolute Gasteiger partial charge is 0.336 e. The van der Waals surface area contributed by atoms with Gasteiger partial charge in [-0.1, -0.05) is 48.5 Å². The molecule has 0 radical (unpaired) electrons. The van der Waals surface area contributed by atoms with Crippen molar-refractivity contribution in [2.24, 2.45) is 4.99 Å². The zero-order valence-corrected chi connectivity index (χ0v) is 17.8. The van der Waals surface area contributed by atoms with E-state index in [0.29, 0.717) is 60.8 Å². The van der Waals surface area contributed by atoms with Crippen molar-refractivity contribution in [3.05, 3.63) is 65.7 Å². The largest absolute Gasteiger partial charge is 0.478 e. The Bertz CT molecular complexity index is 1190. The van der Waals surface area contributed by atoms with E-state index in [4.69, 9.17) is 10.2 Å². The van der Waals surface area contributed by atoms with Gasteiger partial charge >= 0.3 is 5.97 Å². The van der Waals surface area contributed by atoms with Crippen molar-refractivity contribution in [2.75, 3.05) is 33.2 Å². The van der Waals surface area contributed by atoms with E-state index in [0.717, 1.165) is 11.1 Å². The van der Waals surface area contributed by atoms with Gasteiger partial charge in [0.1, 0.15) is 0 Å². The molecule has 0 saturated carbocycles. The maximum atomic E-state index is 12.4. The average Bonchev–Trinajstić information content (AvgIpc) is 2.83. The summed E-state index contributed by atoms with van der Waals surface area (Å²) >= 11 is 0. The van der Waals surface area contributed by atoms with E-state index in [2.05, 4.69) is 15.2 Å². The Hall–Kier alpha value is -3.96. The Balaban J connectivity index is 1.72. The first kappa shape index (κ1) is 21.3. The molecule has 0 unspecified atom stereocenters. The van der Waals surface area contributed by atoms with Gasteiger partial charge in [0.25, 0.3) is 0 Å². The SMILES string of the molecule is CN/C(=N\C#N)N1CCN(Cc2c(-c3ccccc3)nc3ccccc3c2C(=O)O)CC1. The first-order chi connectivity index (χ1) is 15.6. The number of benzene rings is 2. The molecule has 8 heteroatoms. The lowest BCUT2D eigenvalue weighted by molar-refractivity contribution is 0.0696. The van der Waals surface area contributed by atoms with Gasteiger partial charge in [-0.05, 0) is 6.07 Å². The summed E-state index contributed by atoms with van der Waals surface area (Å²) in [5.74, 6) is -0.399. The number of aromatic carboxylic acids is 1. The van der Waals surface area contributed by atoms with Crippen LogP contribution < -0.4 is 5.32 Å². The normalized spacial score (nSPS) is 14.9. The Labute approximate surface area is 186 Å². The van der Waals surface area contributed by atoms with Crippen LogP contribution in [0.25, 0.3) is 22.2 Å². The van der Waals surface area contributed by atoms with Gasteiger partial charge in [0, 0.05) is 56.3 Å². The van der Waals surface area contributed by atoms with Crippen molar-refractivity contribution in [3.8, 4) is 17.5 Å². The second-order valence-corrected chi connectivity index (χ2v) is 7.55. The maximum Gasteiger partial charge on any atom is 0.336 e. The van der Waals surface area contributed by atoms with Crippen molar-refractivity contribution in [2.45, 2.75) is 6.54 Å². The number of nitrogens with zero attached hydrogens (tertiary/aromatic N) is 5. The van der Waals surface area contributed by atoms with E-state index in [1.165, 1.54) is 0 Å². The number of fused-ring (bicyclic) bond motifs is 1. The molecule has 162 valence electrons. The highest BCUT2D eigenvalue weighted by molar-refractivity contribution is 6.05. The first-order valence-electron chi connectivity index (χ1n) is 10.4. The van der Waals surface area contributed by atoms with Gasteiger partial charge in [-0.3, -0.25) is 4.90 Å². The van der Waals surface area contributed by atoms with Crippen LogP contribution in [0.5, 0.6) is 0 Å². The number of piperazine rings is 1. The number of aliphatic imine (C=N–C) groups is 1. The molecular formula is C24H24N6O2. The third kappa shape index (κ3) is 4.24. The molecular weight excluding hydrogens is 404 g/mol. The predicted octanol–water partition coefficient (Wildman–Crippen LogP) is 2.77. The third-order valence-corrected chi connectivity index (χ3v) is 5.69. The maximum absolute atomic E-state index is 12.4. The molecule has 32 heavy (non-hydrogen) atoms. The molecule has 0 bridgehead atoms. The second-order valence-electron chi connectivity index (χ2n) is 7.55. The van der Waals surface area contributed by atoms with Crippen LogP contribution in [0.2, 0.25) is 0 Å². The molecule has 0 aliphatic carbocycles. The molecule has 2 aromatic carbocycles. The highest BCUT2D eigenvalue weighted by Crippen LogP contribution is 2.31. The number of carboxylic acid groups (broad SMARTS) is 1. The van der Waals surface area contributed by atoms with Gasteiger partial charge in [0.15, 0.2) is 0 Å². The minimum absolute atomic E-state index is 0.304. The summed E-state index contributed by atoms with van der Waals surface area (Å²) in [6.07, 6.45) is 1.83. The zero-order chi connectivity index (χ0) is 22.5. The summed E-state index contributed by atoms with van der Waals surface area (Å²) < 4.78 is 0. The number of carboxylic acids is 1. The molecule has 1 aromatic heterocycles. The van der Waals surface area contributed by atoms with Crippen molar-refractivity contribution in [1.29, 1.82) is 5.26 Å². The van der Waals surface area contributed by atoms with Crippen LogP contribution >= 0.6 is 0 Å². The Kier molecular flexibility index (Phi) is 6.29. The number of rotatable bonds is 4. The van der Waals surface area contributed by atoms with E-state index in [-0.39, 0.29) is 0 Å². The highest BCUT2D eigenvalue weighted by Gasteiger charge is 2.25. The van der Waals surface area contributed by atoms with Gasteiger partial charge in [0.2, 0.25) is 12.2 Å². The molecule has 2 heterocycles. The molecule has 1 aliphatic heterocycles.